The number of carbonyl (C=O) groups is 1. The van der Waals surface area contributed by atoms with Crippen molar-refractivity contribution in [2.45, 2.75) is 26.2 Å². The molecule has 0 aliphatic heterocycles. The highest BCUT2D eigenvalue weighted by Crippen LogP contribution is 2.16. The fourth-order valence-electron chi connectivity index (χ4n) is 2.09. The van der Waals surface area contributed by atoms with E-state index in [1.54, 1.807) is 0 Å². The van der Waals surface area contributed by atoms with Crippen LogP contribution in [-0.2, 0) is 6.42 Å². The lowest BCUT2D eigenvalue weighted by Crippen LogP contribution is -2.11. The number of aryl methyl sites for hydroxylation is 1. The third-order valence-corrected chi connectivity index (χ3v) is 3.62. The van der Waals surface area contributed by atoms with Crippen LogP contribution in [0.5, 0.6) is 0 Å². The molecule has 2 aromatic carbocycles. The first-order chi connectivity index (χ1) is 10.1. The number of nitrogens with one attached hydrogen (secondary N) is 1. The van der Waals surface area contributed by atoms with E-state index >= 15 is 0 Å². The number of anilines is 1. The summed E-state index contributed by atoms with van der Waals surface area (Å²) < 4.78 is 0. The van der Waals surface area contributed by atoms with Gasteiger partial charge in [0.25, 0.3) is 5.91 Å². The number of hydrogen-bond donors (Lipinski definition) is 1. The second kappa shape index (κ2) is 7.28. The maximum Gasteiger partial charge on any atom is 0.255 e. The molecule has 0 saturated heterocycles. The van der Waals surface area contributed by atoms with Crippen LogP contribution in [0.25, 0.3) is 0 Å². The molecular formula is C18H20ClNO. The van der Waals surface area contributed by atoms with Crippen molar-refractivity contribution in [1.82, 2.24) is 0 Å². The molecule has 21 heavy (non-hydrogen) atoms. The van der Waals surface area contributed by atoms with Gasteiger partial charge < -0.3 is 5.32 Å². The van der Waals surface area contributed by atoms with E-state index in [0.717, 1.165) is 12.1 Å². The number of hydrogen-bond acceptors (Lipinski definition) is 1. The molecule has 0 unspecified atom stereocenters. The summed E-state index contributed by atoms with van der Waals surface area (Å²) in [6, 6.07) is 15.5. The fourth-order valence-corrected chi connectivity index (χ4v) is 2.30. The molecule has 2 aromatic rings. The highest BCUT2D eigenvalue weighted by Gasteiger charge is 2.07. The Morgan fingerprint density at radius 2 is 1.67 bits per heavy atom. The Kier molecular flexibility index (Phi) is 5.40. The van der Waals surface area contributed by atoms with Crippen LogP contribution >= 0.6 is 11.6 Å². The van der Waals surface area contributed by atoms with Crippen molar-refractivity contribution in [2.75, 3.05) is 11.2 Å². The van der Waals surface area contributed by atoms with Crippen LogP contribution in [0.2, 0.25) is 0 Å². The number of alkyl halides is 1. The second-order valence-corrected chi connectivity index (χ2v) is 5.74. The van der Waals surface area contributed by atoms with Gasteiger partial charge in [0.2, 0.25) is 0 Å². The largest absolute Gasteiger partial charge is 0.322 e. The van der Waals surface area contributed by atoms with Crippen LogP contribution in [0, 0.1) is 0 Å². The molecule has 0 heterocycles. The van der Waals surface area contributed by atoms with Gasteiger partial charge in [-0.1, -0.05) is 38.1 Å². The van der Waals surface area contributed by atoms with Gasteiger partial charge in [0.1, 0.15) is 0 Å². The van der Waals surface area contributed by atoms with Crippen LogP contribution in [0.4, 0.5) is 5.69 Å². The van der Waals surface area contributed by atoms with Crippen molar-refractivity contribution in [3.05, 3.63) is 65.2 Å². The summed E-state index contributed by atoms with van der Waals surface area (Å²) >= 11 is 5.71. The number of rotatable bonds is 5. The molecule has 2 rings (SSSR count). The normalized spacial score (nSPS) is 10.7. The molecule has 0 saturated carbocycles. The zero-order valence-electron chi connectivity index (χ0n) is 12.4. The van der Waals surface area contributed by atoms with Gasteiger partial charge in [-0.3, -0.25) is 4.79 Å². The number of carbonyl (C=O) groups excluding carboxylic acids is 1. The maximum absolute atomic E-state index is 12.2. The highest BCUT2D eigenvalue weighted by atomic mass is 35.5. The molecule has 0 aromatic heterocycles. The average molecular weight is 302 g/mol. The van der Waals surface area contributed by atoms with Crippen molar-refractivity contribution in [1.29, 1.82) is 0 Å². The van der Waals surface area contributed by atoms with Crippen LogP contribution in [0.15, 0.2) is 48.5 Å². The standard InChI is InChI=1S/C18H20ClNO/c1-13(2)15-5-7-16(8-6-15)18(21)20-17-9-3-14(4-10-17)11-12-19/h3-10,13H,11-12H2,1-2H3,(H,20,21). The lowest BCUT2D eigenvalue weighted by atomic mass is 10.0. The van der Waals surface area contributed by atoms with E-state index in [0.29, 0.717) is 17.4 Å². The summed E-state index contributed by atoms with van der Waals surface area (Å²) in [4.78, 5) is 12.2. The molecule has 2 nitrogen and oxygen atoms in total. The van der Waals surface area contributed by atoms with Gasteiger partial charge in [-0.05, 0) is 47.7 Å². The lowest BCUT2D eigenvalue weighted by Gasteiger charge is -2.08. The second-order valence-electron chi connectivity index (χ2n) is 5.37. The first-order valence-corrected chi connectivity index (χ1v) is 7.70. The van der Waals surface area contributed by atoms with E-state index < -0.39 is 0 Å². The Bertz CT molecular complexity index is 588. The molecule has 0 bridgehead atoms. The summed E-state index contributed by atoms with van der Waals surface area (Å²) in [5, 5.41) is 2.90. The Balaban J connectivity index is 2.03. The Morgan fingerprint density at radius 1 is 1.05 bits per heavy atom. The van der Waals surface area contributed by atoms with E-state index in [4.69, 9.17) is 11.6 Å². The summed E-state index contributed by atoms with van der Waals surface area (Å²) in [6.45, 7) is 4.27. The van der Waals surface area contributed by atoms with Crippen molar-refractivity contribution in [2.24, 2.45) is 0 Å². The molecule has 0 radical (unpaired) electrons. The predicted octanol–water partition coefficient (Wildman–Crippen LogP) is 4.84. The minimum absolute atomic E-state index is 0.0876. The van der Waals surface area contributed by atoms with Crippen molar-refractivity contribution >= 4 is 23.2 Å². The van der Waals surface area contributed by atoms with Crippen molar-refractivity contribution in [3.8, 4) is 0 Å². The summed E-state index contributed by atoms with van der Waals surface area (Å²) in [6.07, 6.45) is 0.840. The number of benzene rings is 2. The lowest BCUT2D eigenvalue weighted by molar-refractivity contribution is 0.102. The van der Waals surface area contributed by atoms with E-state index in [2.05, 4.69) is 19.2 Å². The van der Waals surface area contributed by atoms with Gasteiger partial charge in [0, 0.05) is 17.1 Å². The van der Waals surface area contributed by atoms with Crippen LogP contribution in [0.3, 0.4) is 0 Å². The van der Waals surface area contributed by atoms with Gasteiger partial charge in [0.15, 0.2) is 0 Å². The van der Waals surface area contributed by atoms with Gasteiger partial charge in [-0.25, -0.2) is 0 Å². The molecule has 0 atom stereocenters. The van der Waals surface area contributed by atoms with E-state index in [1.165, 1.54) is 11.1 Å². The molecular weight excluding hydrogens is 282 g/mol. The smallest absolute Gasteiger partial charge is 0.255 e. The third-order valence-electron chi connectivity index (χ3n) is 3.43. The monoisotopic (exact) mass is 301 g/mol. The Hall–Kier alpha value is -1.80. The number of amides is 1. The van der Waals surface area contributed by atoms with Gasteiger partial charge in [0.05, 0.1) is 0 Å². The van der Waals surface area contributed by atoms with Crippen molar-refractivity contribution in [3.63, 3.8) is 0 Å². The first kappa shape index (κ1) is 15.6. The third kappa shape index (κ3) is 4.33. The summed E-state index contributed by atoms with van der Waals surface area (Å²) in [7, 11) is 0. The van der Waals surface area contributed by atoms with Crippen LogP contribution < -0.4 is 5.32 Å². The molecule has 0 aliphatic carbocycles. The first-order valence-electron chi connectivity index (χ1n) is 7.16. The Labute approximate surface area is 131 Å². The van der Waals surface area contributed by atoms with Crippen LogP contribution in [0.1, 0.15) is 41.3 Å². The van der Waals surface area contributed by atoms with E-state index in [9.17, 15) is 4.79 Å². The topological polar surface area (TPSA) is 29.1 Å². The highest BCUT2D eigenvalue weighted by molar-refractivity contribution is 6.18. The molecule has 1 N–H and O–H groups in total. The zero-order valence-corrected chi connectivity index (χ0v) is 13.2. The number of halogens is 1. The minimum Gasteiger partial charge on any atom is -0.322 e. The minimum atomic E-state index is -0.0876. The van der Waals surface area contributed by atoms with E-state index in [1.807, 2.05) is 48.5 Å². The average Bonchev–Trinajstić information content (AvgIpc) is 2.49. The zero-order chi connectivity index (χ0) is 15.2. The summed E-state index contributed by atoms with van der Waals surface area (Å²) in [5.74, 6) is 0.987. The quantitative estimate of drug-likeness (QED) is 0.786. The molecule has 1 amide bonds. The Morgan fingerprint density at radius 3 is 2.19 bits per heavy atom. The van der Waals surface area contributed by atoms with Gasteiger partial charge >= 0.3 is 0 Å². The van der Waals surface area contributed by atoms with E-state index in [-0.39, 0.29) is 5.91 Å². The van der Waals surface area contributed by atoms with Crippen LogP contribution in [-0.4, -0.2) is 11.8 Å². The maximum atomic E-state index is 12.2. The van der Waals surface area contributed by atoms with Gasteiger partial charge in [-0.15, -0.1) is 11.6 Å². The fraction of sp³-hybridized carbons (Fsp3) is 0.278. The summed E-state index contributed by atoms with van der Waals surface area (Å²) in [5.41, 5.74) is 3.87. The molecule has 3 heteroatoms. The molecule has 0 fully saturated rings. The van der Waals surface area contributed by atoms with Gasteiger partial charge in [-0.2, -0.15) is 0 Å². The molecule has 0 aliphatic rings. The SMILES string of the molecule is CC(C)c1ccc(C(=O)Nc2ccc(CCCl)cc2)cc1. The molecule has 0 spiro atoms. The predicted molar refractivity (Wildman–Crippen MR) is 89.4 cm³/mol. The van der Waals surface area contributed by atoms with Crippen molar-refractivity contribution < 1.29 is 4.79 Å². The molecule has 110 valence electrons.